The molecule has 2 heterocycles. The Hall–Kier alpha value is -2.86. The molecule has 0 saturated carbocycles. The Balaban J connectivity index is 1.47. The summed E-state index contributed by atoms with van der Waals surface area (Å²) in [6.45, 7) is 6.38. The van der Waals surface area contributed by atoms with E-state index in [-0.39, 0.29) is 12.5 Å². The molecule has 1 saturated heterocycles. The zero-order chi connectivity index (χ0) is 22.2. The van der Waals surface area contributed by atoms with Crippen LogP contribution in [0.1, 0.15) is 51.3 Å². The summed E-state index contributed by atoms with van der Waals surface area (Å²) in [5.41, 5.74) is 2.83. The molecule has 6 nitrogen and oxygen atoms in total. The molecule has 0 radical (unpaired) electrons. The van der Waals surface area contributed by atoms with Crippen LogP contribution in [0, 0.1) is 0 Å². The Morgan fingerprint density at radius 2 is 1.84 bits per heavy atom. The van der Waals surface area contributed by atoms with Crippen LogP contribution in [0.4, 0.5) is 5.69 Å². The van der Waals surface area contributed by atoms with Crippen molar-refractivity contribution in [3.05, 3.63) is 54.4 Å². The van der Waals surface area contributed by atoms with E-state index in [0.29, 0.717) is 5.75 Å². The molecule has 1 aromatic heterocycles. The maximum absolute atomic E-state index is 12.4. The van der Waals surface area contributed by atoms with Gasteiger partial charge in [-0.05, 0) is 62.7 Å². The number of benzene rings is 2. The molecule has 4 rings (SSSR count). The van der Waals surface area contributed by atoms with Gasteiger partial charge in [0, 0.05) is 12.2 Å². The van der Waals surface area contributed by atoms with Crippen molar-refractivity contribution in [1.29, 1.82) is 0 Å². The monoisotopic (exact) mass is 434 g/mol. The Bertz CT molecular complexity index is 1010. The number of rotatable bonds is 9. The van der Waals surface area contributed by atoms with Gasteiger partial charge in [0.1, 0.15) is 11.6 Å². The van der Waals surface area contributed by atoms with E-state index in [1.807, 2.05) is 42.5 Å². The Kier molecular flexibility index (Phi) is 7.77. The number of ether oxygens (including phenoxy) is 1. The lowest BCUT2D eigenvalue weighted by Gasteiger charge is -2.20. The summed E-state index contributed by atoms with van der Waals surface area (Å²) in [5, 5.41) is 2.94. The Morgan fingerprint density at radius 1 is 1.06 bits per heavy atom. The lowest BCUT2D eigenvalue weighted by molar-refractivity contribution is -0.118. The molecule has 170 valence electrons. The third-order valence-electron chi connectivity index (χ3n) is 6.02. The molecule has 3 aromatic rings. The number of para-hydroxylation sites is 1. The fourth-order valence-electron chi connectivity index (χ4n) is 4.30. The van der Waals surface area contributed by atoms with Crippen LogP contribution in [0.15, 0.2) is 48.5 Å². The average Bonchev–Trinajstić information content (AvgIpc) is 2.95. The van der Waals surface area contributed by atoms with Crippen molar-refractivity contribution in [3.63, 3.8) is 0 Å². The highest BCUT2D eigenvalue weighted by molar-refractivity contribution is 5.94. The minimum absolute atomic E-state index is 0.0206. The van der Waals surface area contributed by atoms with Crippen LogP contribution >= 0.6 is 0 Å². The Labute approximate surface area is 190 Å². The first-order chi connectivity index (χ1) is 15.7. The largest absolute Gasteiger partial charge is 0.484 e. The van der Waals surface area contributed by atoms with E-state index >= 15 is 0 Å². The van der Waals surface area contributed by atoms with Crippen molar-refractivity contribution in [2.45, 2.75) is 58.5 Å². The minimum atomic E-state index is -0.177. The molecule has 0 atom stereocenters. The molecule has 0 aliphatic carbocycles. The lowest BCUT2D eigenvalue weighted by atomic mass is 10.2. The number of fused-ring (bicyclic) bond motifs is 1. The molecule has 1 aliphatic heterocycles. The second-order valence-electron chi connectivity index (χ2n) is 8.58. The summed E-state index contributed by atoms with van der Waals surface area (Å²) in [7, 11) is 0. The van der Waals surface area contributed by atoms with Crippen molar-refractivity contribution in [2.75, 3.05) is 25.0 Å². The van der Waals surface area contributed by atoms with Crippen molar-refractivity contribution >= 4 is 22.6 Å². The van der Waals surface area contributed by atoms with E-state index in [9.17, 15) is 4.79 Å². The Morgan fingerprint density at radius 3 is 2.59 bits per heavy atom. The number of unbranched alkanes of at least 4 members (excludes halogenated alkanes) is 1. The molecular weight excluding hydrogens is 400 g/mol. The summed E-state index contributed by atoms with van der Waals surface area (Å²) in [4.78, 5) is 19.9. The highest BCUT2D eigenvalue weighted by atomic mass is 16.5. The van der Waals surface area contributed by atoms with Gasteiger partial charge in [-0.3, -0.25) is 9.69 Å². The molecule has 6 heteroatoms. The predicted molar refractivity (Wildman–Crippen MR) is 129 cm³/mol. The third kappa shape index (κ3) is 5.88. The fraction of sp³-hybridized carbons (Fsp3) is 0.462. The highest BCUT2D eigenvalue weighted by Crippen LogP contribution is 2.23. The molecule has 0 bridgehead atoms. The summed E-state index contributed by atoms with van der Waals surface area (Å²) in [6.07, 6.45) is 7.50. The third-order valence-corrected chi connectivity index (χ3v) is 6.02. The second kappa shape index (κ2) is 11.1. The quantitative estimate of drug-likeness (QED) is 0.501. The van der Waals surface area contributed by atoms with E-state index in [0.717, 1.165) is 61.6 Å². The predicted octanol–water partition coefficient (Wildman–Crippen LogP) is 5.23. The number of carbonyl (C=O) groups is 1. The first-order valence-electron chi connectivity index (χ1n) is 11.9. The summed E-state index contributed by atoms with van der Waals surface area (Å²) >= 11 is 0. The number of hydrogen-bond acceptors (Lipinski definition) is 4. The van der Waals surface area contributed by atoms with E-state index in [1.54, 1.807) is 0 Å². The van der Waals surface area contributed by atoms with Crippen LogP contribution in [0.3, 0.4) is 0 Å². The van der Waals surface area contributed by atoms with Gasteiger partial charge < -0.3 is 14.6 Å². The number of anilines is 1. The fourth-order valence-corrected chi connectivity index (χ4v) is 4.30. The number of imidazole rings is 1. The normalized spacial score (nSPS) is 14.9. The summed E-state index contributed by atoms with van der Waals surface area (Å²) in [5.74, 6) is 1.64. The molecule has 0 spiro atoms. The first kappa shape index (κ1) is 22.3. The van der Waals surface area contributed by atoms with Gasteiger partial charge in [-0.15, -0.1) is 0 Å². The molecule has 32 heavy (non-hydrogen) atoms. The van der Waals surface area contributed by atoms with Crippen molar-refractivity contribution < 1.29 is 9.53 Å². The number of nitrogens with one attached hydrogen (secondary N) is 1. The van der Waals surface area contributed by atoms with Crippen LogP contribution in [-0.2, 0) is 17.9 Å². The van der Waals surface area contributed by atoms with Gasteiger partial charge in [0.05, 0.1) is 17.6 Å². The van der Waals surface area contributed by atoms with Gasteiger partial charge >= 0.3 is 0 Å². The zero-order valence-corrected chi connectivity index (χ0v) is 19.1. The number of hydrogen-bond donors (Lipinski definition) is 1. The lowest BCUT2D eigenvalue weighted by Crippen LogP contribution is -2.26. The van der Waals surface area contributed by atoms with Gasteiger partial charge in [0.25, 0.3) is 5.91 Å². The number of aryl methyl sites for hydroxylation is 1. The van der Waals surface area contributed by atoms with E-state index in [4.69, 9.17) is 9.72 Å². The van der Waals surface area contributed by atoms with Gasteiger partial charge in [-0.25, -0.2) is 4.98 Å². The van der Waals surface area contributed by atoms with Crippen LogP contribution in [0.2, 0.25) is 0 Å². The average molecular weight is 435 g/mol. The number of aromatic nitrogens is 2. The van der Waals surface area contributed by atoms with Crippen molar-refractivity contribution in [2.24, 2.45) is 0 Å². The minimum Gasteiger partial charge on any atom is -0.484 e. The van der Waals surface area contributed by atoms with Crippen molar-refractivity contribution in [1.82, 2.24) is 14.5 Å². The molecule has 1 N–H and O–H groups in total. The number of carbonyl (C=O) groups excluding carboxylic acids is 1. The van der Waals surface area contributed by atoms with Gasteiger partial charge in [-0.1, -0.05) is 44.4 Å². The van der Waals surface area contributed by atoms with Gasteiger partial charge in [-0.2, -0.15) is 0 Å². The standard InChI is InChI=1S/C26H34N4O2/c1-2-3-17-30-24-14-13-21(27-26(31)20-32-22-11-7-6-8-12-22)18-23(24)28-25(30)19-29-15-9-4-5-10-16-29/h6-8,11-14,18H,2-5,9-10,15-17,19-20H2,1H3,(H,27,31). The topological polar surface area (TPSA) is 59.4 Å². The van der Waals surface area contributed by atoms with E-state index in [2.05, 4.69) is 27.8 Å². The molecule has 1 amide bonds. The molecule has 1 fully saturated rings. The maximum Gasteiger partial charge on any atom is 0.262 e. The van der Waals surface area contributed by atoms with Gasteiger partial charge in [0.15, 0.2) is 6.61 Å². The van der Waals surface area contributed by atoms with Crippen LogP contribution < -0.4 is 10.1 Å². The highest BCUT2D eigenvalue weighted by Gasteiger charge is 2.16. The van der Waals surface area contributed by atoms with Crippen LogP contribution in [0.25, 0.3) is 11.0 Å². The molecule has 1 aliphatic rings. The van der Waals surface area contributed by atoms with Crippen molar-refractivity contribution in [3.8, 4) is 5.75 Å². The maximum atomic E-state index is 12.4. The number of amides is 1. The van der Waals surface area contributed by atoms with E-state index in [1.165, 1.54) is 25.7 Å². The number of likely N-dealkylation sites (tertiary alicyclic amines) is 1. The van der Waals surface area contributed by atoms with Crippen LogP contribution in [0.5, 0.6) is 5.75 Å². The smallest absolute Gasteiger partial charge is 0.262 e. The SMILES string of the molecule is CCCCn1c(CN2CCCCCC2)nc2cc(NC(=O)COc3ccccc3)ccc21. The molecular formula is C26H34N4O2. The summed E-state index contributed by atoms with van der Waals surface area (Å²) < 4.78 is 7.92. The molecule has 2 aromatic carbocycles. The first-order valence-corrected chi connectivity index (χ1v) is 11.9. The van der Waals surface area contributed by atoms with Crippen LogP contribution in [-0.4, -0.2) is 40.1 Å². The number of nitrogens with zero attached hydrogens (tertiary/aromatic N) is 3. The molecule has 0 unspecified atom stereocenters. The summed E-state index contributed by atoms with van der Waals surface area (Å²) in [6, 6.07) is 15.4. The van der Waals surface area contributed by atoms with E-state index < -0.39 is 0 Å². The second-order valence-corrected chi connectivity index (χ2v) is 8.58. The van der Waals surface area contributed by atoms with Gasteiger partial charge in [0.2, 0.25) is 0 Å². The zero-order valence-electron chi connectivity index (χ0n) is 19.1.